The molecule has 0 fully saturated rings. The minimum atomic E-state index is -1.03. The molecular formula is C13H8O4. The summed E-state index contributed by atoms with van der Waals surface area (Å²) in [6.45, 7) is 0. The highest BCUT2D eigenvalue weighted by Crippen LogP contribution is 2.35. The van der Waals surface area contributed by atoms with Crippen molar-refractivity contribution < 1.29 is 19.8 Å². The van der Waals surface area contributed by atoms with Crippen LogP contribution in [0.1, 0.15) is 31.8 Å². The summed E-state index contributed by atoms with van der Waals surface area (Å²) in [7, 11) is 0. The number of carbonyl (C=O) groups is 2. The maximum atomic E-state index is 11.1. The Morgan fingerprint density at radius 3 is 1.65 bits per heavy atom. The number of rotatable bonds is 2. The second kappa shape index (κ2) is 3.07. The lowest BCUT2D eigenvalue weighted by Crippen LogP contribution is -2.02. The Kier molecular flexibility index (Phi) is 1.78. The highest BCUT2D eigenvalue weighted by Gasteiger charge is 2.22. The van der Waals surface area contributed by atoms with E-state index in [1.54, 1.807) is 12.1 Å². The van der Waals surface area contributed by atoms with Crippen molar-refractivity contribution in [2.24, 2.45) is 0 Å². The Bertz CT molecular complexity index is 627. The topological polar surface area (TPSA) is 74.6 Å². The molecule has 0 amide bonds. The van der Waals surface area contributed by atoms with Gasteiger partial charge in [0.25, 0.3) is 0 Å². The smallest absolute Gasteiger partial charge is 0.336 e. The normalized spacial score (nSPS) is 12.2. The van der Waals surface area contributed by atoms with Gasteiger partial charge >= 0.3 is 11.9 Å². The first-order valence-corrected chi connectivity index (χ1v) is 5.13. The van der Waals surface area contributed by atoms with E-state index < -0.39 is 11.9 Å². The summed E-state index contributed by atoms with van der Waals surface area (Å²) in [6, 6.07) is 6.26. The number of benzene rings is 2. The van der Waals surface area contributed by atoms with Crippen LogP contribution in [0.4, 0.5) is 0 Å². The molecule has 84 valence electrons. The lowest BCUT2D eigenvalue weighted by atomic mass is 10.00. The van der Waals surface area contributed by atoms with Crippen LogP contribution in [0.25, 0.3) is 10.8 Å². The SMILES string of the molecule is O=C(O)c1ccc(C(=O)O)c2cc3c(cc12)C3. The predicted octanol–water partition coefficient (Wildman–Crippen LogP) is 2.14. The van der Waals surface area contributed by atoms with Gasteiger partial charge in [-0.05, 0) is 52.6 Å². The summed E-state index contributed by atoms with van der Waals surface area (Å²) < 4.78 is 0. The summed E-state index contributed by atoms with van der Waals surface area (Å²) in [5.41, 5.74) is 2.50. The summed E-state index contributed by atoms with van der Waals surface area (Å²) in [6.07, 6.45) is 0.826. The van der Waals surface area contributed by atoms with Gasteiger partial charge < -0.3 is 10.2 Å². The van der Waals surface area contributed by atoms with Crippen molar-refractivity contribution in [3.05, 3.63) is 46.5 Å². The first-order valence-electron chi connectivity index (χ1n) is 5.13. The van der Waals surface area contributed by atoms with Crippen LogP contribution in [0, 0.1) is 0 Å². The van der Waals surface area contributed by atoms with Gasteiger partial charge in [0.1, 0.15) is 0 Å². The van der Waals surface area contributed by atoms with E-state index >= 15 is 0 Å². The van der Waals surface area contributed by atoms with E-state index in [1.807, 2.05) is 0 Å². The number of carboxylic acid groups (broad SMARTS) is 2. The molecule has 0 atom stereocenters. The van der Waals surface area contributed by atoms with Crippen molar-refractivity contribution >= 4 is 22.7 Å². The minimum Gasteiger partial charge on any atom is -0.478 e. The zero-order chi connectivity index (χ0) is 12.2. The predicted molar refractivity (Wildman–Crippen MR) is 60.7 cm³/mol. The molecule has 0 heterocycles. The van der Waals surface area contributed by atoms with Crippen molar-refractivity contribution in [3.63, 3.8) is 0 Å². The molecule has 0 saturated carbocycles. The number of carboxylic acids is 2. The standard InChI is InChI=1S/C13H8O4/c14-12(15)8-1-2-9(13(16)17)11-5-7-3-6(7)4-10(8)11/h1-2,4-5H,3H2,(H,14,15)(H,16,17). The van der Waals surface area contributed by atoms with Gasteiger partial charge in [-0.2, -0.15) is 0 Å². The van der Waals surface area contributed by atoms with E-state index in [2.05, 4.69) is 0 Å². The molecule has 3 rings (SSSR count). The van der Waals surface area contributed by atoms with Crippen LogP contribution in [-0.4, -0.2) is 22.2 Å². The molecule has 0 radical (unpaired) electrons. The second-order valence-electron chi connectivity index (χ2n) is 4.11. The van der Waals surface area contributed by atoms with Crippen molar-refractivity contribution in [1.82, 2.24) is 0 Å². The van der Waals surface area contributed by atoms with Crippen molar-refractivity contribution in [2.45, 2.75) is 6.42 Å². The van der Waals surface area contributed by atoms with Crippen LogP contribution < -0.4 is 0 Å². The number of aromatic carboxylic acids is 2. The Morgan fingerprint density at radius 2 is 1.29 bits per heavy atom. The number of hydrogen-bond donors (Lipinski definition) is 2. The molecule has 1 aliphatic rings. The Hall–Kier alpha value is -2.36. The van der Waals surface area contributed by atoms with Crippen molar-refractivity contribution in [3.8, 4) is 0 Å². The largest absolute Gasteiger partial charge is 0.478 e. The molecule has 4 nitrogen and oxygen atoms in total. The van der Waals surface area contributed by atoms with Gasteiger partial charge in [0.15, 0.2) is 0 Å². The molecule has 0 aromatic heterocycles. The van der Waals surface area contributed by atoms with Crippen molar-refractivity contribution in [1.29, 1.82) is 0 Å². The van der Waals surface area contributed by atoms with Gasteiger partial charge in [-0.1, -0.05) is 0 Å². The molecule has 2 aromatic rings. The Balaban J connectivity index is 2.43. The molecule has 1 aliphatic carbocycles. The van der Waals surface area contributed by atoms with Gasteiger partial charge in [-0.25, -0.2) is 9.59 Å². The number of hydrogen-bond acceptors (Lipinski definition) is 2. The van der Waals surface area contributed by atoms with E-state index in [0.717, 1.165) is 17.5 Å². The fourth-order valence-electron chi connectivity index (χ4n) is 2.12. The third kappa shape index (κ3) is 1.38. The van der Waals surface area contributed by atoms with Crippen LogP contribution in [0.2, 0.25) is 0 Å². The van der Waals surface area contributed by atoms with Crippen LogP contribution in [0.15, 0.2) is 24.3 Å². The Labute approximate surface area is 96.1 Å². The summed E-state index contributed by atoms with van der Waals surface area (Å²) in [5, 5.41) is 19.2. The molecule has 0 unspecified atom stereocenters. The maximum Gasteiger partial charge on any atom is 0.336 e. The van der Waals surface area contributed by atoms with E-state index in [0.29, 0.717) is 10.8 Å². The molecule has 2 N–H and O–H groups in total. The number of fused-ring (bicyclic) bond motifs is 2. The monoisotopic (exact) mass is 228 g/mol. The highest BCUT2D eigenvalue weighted by atomic mass is 16.4. The molecule has 0 saturated heterocycles. The van der Waals surface area contributed by atoms with Gasteiger partial charge in [0, 0.05) is 0 Å². The summed E-state index contributed by atoms with van der Waals surface area (Å²) in [4.78, 5) is 22.2. The Morgan fingerprint density at radius 1 is 0.882 bits per heavy atom. The lowest BCUT2D eigenvalue weighted by molar-refractivity contribution is 0.0684. The first kappa shape index (κ1) is 9.84. The average Bonchev–Trinajstić information content (AvgIpc) is 3.01. The van der Waals surface area contributed by atoms with Gasteiger partial charge in [0.2, 0.25) is 0 Å². The van der Waals surface area contributed by atoms with Gasteiger partial charge in [-0.15, -0.1) is 0 Å². The van der Waals surface area contributed by atoms with E-state index in [1.165, 1.54) is 12.1 Å². The quantitative estimate of drug-likeness (QED) is 0.704. The van der Waals surface area contributed by atoms with Gasteiger partial charge in [0.05, 0.1) is 11.1 Å². The van der Waals surface area contributed by atoms with Gasteiger partial charge in [-0.3, -0.25) is 0 Å². The molecule has 2 aromatic carbocycles. The molecule has 4 heteroatoms. The molecule has 17 heavy (non-hydrogen) atoms. The van der Waals surface area contributed by atoms with E-state index in [9.17, 15) is 9.59 Å². The van der Waals surface area contributed by atoms with E-state index in [-0.39, 0.29) is 11.1 Å². The van der Waals surface area contributed by atoms with Crippen molar-refractivity contribution in [2.75, 3.05) is 0 Å². The van der Waals surface area contributed by atoms with Crippen LogP contribution in [0.3, 0.4) is 0 Å². The van der Waals surface area contributed by atoms with Crippen LogP contribution in [-0.2, 0) is 6.42 Å². The highest BCUT2D eigenvalue weighted by molar-refractivity contribution is 6.11. The average molecular weight is 228 g/mol. The third-order valence-corrected chi connectivity index (χ3v) is 3.05. The first-order chi connectivity index (χ1) is 8.08. The van der Waals surface area contributed by atoms with Crippen LogP contribution in [0.5, 0.6) is 0 Å². The van der Waals surface area contributed by atoms with Crippen LogP contribution >= 0.6 is 0 Å². The lowest BCUT2D eigenvalue weighted by Gasteiger charge is -2.05. The molecule has 0 aliphatic heterocycles. The van der Waals surface area contributed by atoms with E-state index in [4.69, 9.17) is 10.2 Å². The maximum absolute atomic E-state index is 11.1. The zero-order valence-electron chi connectivity index (χ0n) is 8.73. The fourth-order valence-corrected chi connectivity index (χ4v) is 2.12. The minimum absolute atomic E-state index is 0.153. The molecule has 0 bridgehead atoms. The second-order valence-corrected chi connectivity index (χ2v) is 4.11. The molecular weight excluding hydrogens is 220 g/mol. The summed E-state index contributed by atoms with van der Waals surface area (Å²) >= 11 is 0. The summed E-state index contributed by atoms with van der Waals surface area (Å²) in [5.74, 6) is -2.07. The molecule has 0 spiro atoms. The fraction of sp³-hybridized carbons (Fsp3) is 0.0769. The third-order valence-electron chi connectivity index (χ3n) is 3.05. The zero-order valence-corrected chi connectivity index (χ0v) is 8.73.